The van der Waals surface area contributed by atoms with Gasteiger partial charge in [-0.05, 0) is 51.3 Å². The van der Waals surface area contributed by atoms with E-state index >= 15 is 0 Å². The van der Waals surface area contributed by atoms with Gasteiger partial charge in [-0.2, -0.15) is 0 Å². The largest absolute Gasteiger partial charge is 0.490 e. The molecule has 1 atom stereocenters. The Balaban J connectivity index is 2.11. The third-order valence-electron chi connectivity index (χ3n) is 4.33. The molecule has 2 aromatic rings. The van der Waals surface area contributed by atoms with Gasteiger partial charge in [-0.3, -0.25) is 0 Å². The molecule has 0 fully saturated rings. The number of benzene rings is 1. The van der Waals surface area contributed by atoms with Gasteiger partial charge in [0.1, 0.15) is 6.54 Å². The molecule has 1 aromatic carbocycles. The summed E-state index contributed by atoms with van der Waals surface area (Å²) < 4.78 is 16.8. The highest BCUT2D eigenvalue weighted by atomic mass is 16.5. The molecule has 0 aliphatic rings. The zero-order valence-corrected chi connectivity index (χ0v) is 18.4. The number of ether oxygens (including phenoxy) is 2. The maximum Gasteiger partial charge on any atom is 0.192 e. The number of hydrogen-bond acceptors (Lipinski definition) is 5. The van der Waals surface area contributed by atoms with Crippen molar-refractivity contribution in [2.45, 2.75) is 60.0 Å². The molecule has 7 heteroatoms. The van der Waals surface area contributed by atoms with Crippen LogP contribution in [0.5, 0.6) is 11.5 Å². The number of nitrogens with one attached hydrogen (secondary N) is 2. The quantitative estimate of drug-likeness (QED) is 0.452. The smallest absolute Gasteiger partial charge is 0.192 e. The van der Waals surface area contributed by atoms with Crippen LogP contribution in [0.1, 0.15) is 70.5 Å². The maximum absolute atomic E-state index is 5.74. The lowest BCUT2D eigenvalue weighted by atomic mass is 10.1. The van der Waals surface area contributed by atoms with E-state index in [-0.39, 0.29) is 6.04 Å². The number of guanidine groups is 1. The summed E-state index contributed by atoms with van der Waals surface area (Å²) in [5, 5.41) is 10.8. The van der Waals surface area contributed by atoms with Crippen LogP contribution in [0.25, 0.3) is 0 Å². The van der Waals surface area contributed by atoms with Gasteiger partial charge in [0.05, 0.1) is 24.9 Å². The Morgan fingerprint density at radius 3 is 2.41 bits per heavy atom. The van der Waals surface area contributed by atoms with Crippen molar-refractivity contribution in [1.82, 2.24) is 15.8 Å². The Morgan fingerprint density at radius 1 is 1.07 bits per heavy atom. The highest BCUT2D eigenvalue weighted by Gasteiger charge is 2.13. The fourth-order valence-corrected chi connectivity index (χ4v) is 2.78. The number of aliphatic imine (C=N–C) groups is 1. The minimum Gasteiger partial charge on any atom is -0.490 e. The van der Waals surface area contributed by atoms with E-state index in [4.69, 9.17) is 14.0 Å². The Bertz CT molecular complexity index is 786. The molecule has 0 saturated carbocycles. The summed E-state index contributed by atoms with van der Waals surface area (Å²) in [6, 6.07) is 8.00. The minimum atomic E-state index is 0.0311. The van der Waals surface area contributed by atoms with Crippen molar-refractivity contribution in [1.29, 1.82) is 0 Å². The molecule has 0 spiro atoms. The van der Waals surface area contributed by atoms with Gasteiger partial charge in [0.25, 0.3) is 0 Å². The van der Waals surface area contributed by atoms with Crippen LogP contribution in [0.4, 0.5) is 0 Å². The first kappa shape index (κ1) is 22.6. The van der Waals surface area contributed by atoms with Gasteiger partial charge >= 0.3 is 0 Å². The number of nitrogens with zero attached hydrogens (tertiary/aromatic N) is 2. The van der Waals surface area contributed by atoms with E-state index in [1.807, 2.05) is 45.0 Å². The van der Waals surface area contributed by atoms with Crippen molar-refractivity contribution >= 4 is 5.96 Å². The lowest BCUT2D eigenvalue weighted by molar-refractivity contribution is 0.287. The van der Waals surface area contributed by atoms with E-state index in [0.29, 0.717) is 31.6 Å². The molecule has 7 nitrogen and oxygen atoms in total. The number of rotatable bonds is 10. The highest BCUT2D eigenvalue weighted by Crippen LogP contribution is 2.30. The summed E-state index contributed by atoms with van der Waals surface area (Å²) in [4.78, 5) is 4.63. The number of hydrogen-bond donors (Lipinski definition) is 2. The topological polar surface area (TPSA) is 80.9 Å². The fourth-order valence-electron chi connectivity index (χ4n) is 2.78. The first-order valence-corrected chi connectivity index (χ1v) is 10.4. The minimum absolute atomic E-state index is 0.0311. The van der Waals surface area contributed by atoms with E-state index in [1.165, 1.54) is 0 Å². The second-order valence-corrected chi connectivity index (χ2v) is 7.01. The summed E-state index contributed by atoms with van der Waals surface area (Å²) in [5.74, 6) is 3.32. The van der Waals surface area contributed by atoms with Crippen LogP contribution < -0.4 is 20.1 Å². The van der Waals surface area contributed by atoms with Gasteiger partial charge in [-0.15, -0.1) is 0 Å². The first-order chi connectivity index (χ1) is 14.0. The van der Waals surface area contributed by atoms with E-state index in [0.717, 1.165) is 35.1 Å². The average molecular weight is 403 g/mol. The van der Waals surface area contributed by atoms with Crippen molar-refractivity contribution in [2.24, 2.45) is 4.99 Å². The normalized spacial score (nSPS) is 12.7. The molecule has 1 unspecified atom stereocenters. The lowest BCUT2D eigenvalue weighted by Gasteiger charge is -2.20. The van der Waals surface area contributed by atoms with Crippen LogP contribution in [0.2, 0.25) is 0 Å². The molecule has 2 N–H and O–H groups in total. The van der Waals surface area contributed by atoms with Crippen LogP contribution in [-0.4, -0.2) is 30.9 Å². The third-order valence-corrected chi connectivity index (χ3v) is 4.33. The van der Waals surface area contributed by atoms with E-state index in [1.54, 1.807) is 0 Å². The van der Waals surface area contributed by atoms with Crippen molar-refractivity contribution in [3.05, 3.63) is 41.3 Å². The predicted octanol–water partition coefficient (Wildman–Crippen LogP) is 4.41. The van der Waals surface area contributed by atoms with Crippen molar-refractivity contribution < 1.29 is 14.0 Å². The first-order valence-electron chi connectivity index (χ1n) is 10.4. The van der Waals surface area contributed by atoms with Crippen LogP contribution >= 0.6 is 0 Å². The standard InChI is InChI=1S/C22H34N4O3/c1-7-23-22(24-14-18-13-19(15(4)5)26-29-18)25-16(6)17-10-11-20(27-8-2)21(12-17)28-9-3/h10-13,15-16H,7-9,14H2,1-6H3,(H2,23,24,25). The summed E-state index contributed by atoms with van der Waals surface area (Å²) in [5.41, 5.74) is 2.03. The van der Waals surface area contributed by atoms with E-state index in [9.17, 15) is 0 Å². The molecule has 0 aliphatic heterocycles. The molecule has 160 valence electrons. The molecular weight excluding hydrogens is 368 g/mol. The molecule has 0 bridgehead atoms. The second-order valence-electron chi connectivity index (χ2n) is 7.01. The molecular formula is C22H34N4O3. The van der Waals surface area contributed by atoms with Crippen LogP contribution in [0.15, 0.2) is 33.8 Å². The molecule has 1 heterocycles. The molecule has 1 aromatic heterocycles. The molecule has 0 aliphatic carbocycles. The summed E-state index contributed by atoms with van der Waals surface area (Å²) in [7, 11) is 0. The predicted molar refractivity (Wildman–Crippen MR) is 116 cm³/mol. The summed E-state index contributed by atoms with van der Waals surface area (Å²) in [6.07, 6.45) is 0. The molecule has 0 amide bonds. The van der Waals surface area contributed by atoms with Crippen LogP contribution in [-0.2, 0) is 6.54 Å². The average Bonchev–Trinajstić information content (AvgIpc) is 3.17. The Kier molecular flexibility index (Phi) is 8.83. The zero-order valence-electron chi connectivity index (χ0n) is 18.4. The van der Waals surface area contributed by atoms with E-state index in [2.05, 4.69) is 41.6 Å². The lowest BCUT2D eigenvalue weighted by Crippen LogP contribution is -2.38. The highest BCUT2D eigenvalue weighted by molar-refractivity contribution is 5.80. The van der Waals surface area contributed by atoms with Gasteiger partial charge in [-0.1, -0.05) is 25.1 Å². The SMILES string of the molecule is CCNC(=NCc1cc(C(C)C)no1)NC(C)c1ccc(OCC)c(OCC)c1. The van der Waals surface area contributed by atoms with Gasteiger partial charge in [0.15, 0.2) is 23.2 Å². The molecule has 29 heavy (non-hydrogen) atoms. The van der Waals surface area contributed by atoms with Gasteiger partial charge in [0.2, 0.25) is 0 Å². The second kappa shape index (κ2) is 11.3. The third kappa shape index (κ3) is 6.69. The van der Waals surface area contributed by atoms with E-state index < -0.39 is 0 Å². The van der Waals surface area contributed by atoms with Gasteiger partial charge < -0.3 is 24.6 Å². The van der Waals surface area contributed by atoms with Crippen LogP contribution in [0.3, 0.4) is 0 Å². The van der Waals surface area contributed by atoms with Crippen molar-refractivity contribution in [3.8, 4) is 11.5 Å². The zero-order chi connectivity index (χ0) is 21.2. The fraction of sp³-hybridized carbons (Fsp3) is 0.545. The monoisotopic (exact) mass is 402 g/mol. The Labute approximate surface area is 173 Å². The number of aromatic nitrogens is 1. The summed E-state index contributed by atoms with van der Waals surface area (Å²) >= 11 is 0. The Hall–Kier alpha value is -2.70. The van der Waals surface area contributed by atoms with Crippen LogP contribution in [0, 0.1) is 0 Å². The molecule has 0 saturated heterocycles. The Morgan fingerprint density at radius 2 is 1.79 bits per heavy atom. The van der Waals surface area contributed by atoms with Crippen molar-refractivity contribution in [2.75, 3.05) is 19.8 Å². The molecule has 2 rings (SSSR count). The van der Waals surface area contributed by atoms with Crippen molar-refractivity contribution in [3.63, 3.8) is 0 Å². The van der Waals surface area contributed by atoms with Gasteiger partial charge in [0, 0.05) is 12.6 Å². The summed E-state index contributed by atoms with van der Waals surface area (Å²) in [6.45, 7) is 14.6. The van der Waals surface area contributed by atoms with Gasteiger partial charge in [-0.25, -0.2) is 4.99 Å². The molecule has 0 radical (unpaired) electrons. The maximum atomic E-state index is 5.74.